The molecule has 0 saturated carbocycles. The highest BCUT2D eigenvalue weighted by Gasteiger charge is 2.18. The number of aromatic hydroxyl groups is 1. The quantitative estimate of drug-likeness (QED) is 0.507. The molecule has 3 rings (SSSR count). The second-order valence-electron chi connectivity index (χ2n) is 6.11. The molecule has 3 aromatic carbocycles. The van der Waals surface area contributed by atoms with Gasteiger partial charge in [0.15, 0.2) is 0 Å². The van der Waals surface area contributed by atoms with Crippen LogP contribution in [0.25, 0.3) is 0 Å². The molecule has 0 aliphatic carbocycles. The second kappa shape index (κ2) is 8.50. The third-order valence-electron chi connectivity index (χ3n) is 3.94. The summed E-state index contributed by atoms with van der Waals surface area (Å²) in [5, 5.41) is 12.7. The molecule has 0 aromatic heterocycles. The van der Waals surface area contributed by atoms with Gasteiger partial charge in [0.05, 0.1) is 22.7 Å². The molecule has 3 N–H and O–H groups in total. The largest absolute Gasteiger partial charge is 0.506 e. The number of anilines is 2. The van der Waals surface area contributed by atoms with E-state index in [2.05, 4.69) is 10.0 Å². The van der Waals surface area contributed by atoms with Crippen LogP contribution in [0.15, 0.2) is 71.6 Å². The maximum Gasteiger partial charge on any atom is 0.261 e. The van der Waals surface area contributed by atoms with Crippen LogP contribution >= 0.6 is 11.6 Å². The SMILES string of the molecule is O=C(Cc1ccccc1F)Nc1cc(S(=O)(=O)Nc2cccc(Cl)c2)ccc1O. The summed E-state index contributed by atoms with van der Waals surface area (Å²) in [6, 6.07) is 15.4. The highest BCUT2D eigenvalue weighted by molar-refractivity contribution is 7.92. The van der Waals surface area contributed by atoms with E-state index in [0.717, 1.165) is 12.1 Å². The monoisotopic (exact) mass is 434 g/mol. The molecular formula is C20H16ClFN2O4S. The lowest BCUT2D eigenvalue weighted by Crippen LogP contribution is -2.17. The van der Waals surface area contributed by atoms with Crippen molar-refractivity contribution in [3.8, 4) is 5.75 Å². The summed E-state index contributed by atoms with van der Waals surface area (Å²) in [5.74, 6) is -1.47. The zero-order valence-corrected chi connectivity index (χ0v) is 16.5. The number of rotatable bonds is 6. The van der Waals surface area contributed by atoms with Crippen molar-refractivity contribution in [3.05, 3.63) is 83.1 Å². The van der Waals surface area contributed by atoms with Crippen molar-refractivity contribution >= 4 is 38.9 Å². The number of sulfonamides is 1. The van der Waals surface area contributed by atoms with E-state index in [9.17, 15) is 22.7 Å². The lowest BCUT2D eigenvalue weighted by atomic mass is 10.1. The van der Waals surface area contributed by atoms with E-state index < -0.39 is 21.7 Å². The van der Waals surface area contributed by atoms with Gasteiger partial charge in [-0.05, 0) is 48.0 Å². The van der Waals surface area contributed by atoms with Gasteiger partial charge in [-0.2, -0.15) is 0 Å². The first-order valence-electron chi connectivity index (χ1n) is 8.39. The van der Waals surface area contributed by atoms with E-state index in [-0.39, 0.29) is 34.0 Å². The van der Waals surface area contributed by atoms with Crippen LogP contribution in [-0.4, -0.2) is 19.4 Å². The van der Waals surface area contributed by atoms with Gasteiger partial charge in [-0.3, -0.25) is 9.52 Å². The number of nitrogens with one attached hydrogen (secondary N) is 2. The topological polar surface area (TPSA) is 95.5 Å². The first-order chi connectivity index (χ1) is 13.7. The Hall–Kier alpha value is -3.10. The van der Waals surface area contributed by atoms with Gasteiger partial charge < -0.3 is 10.4 Å². The van der Waals surface area contributed by atoms with Crippen molar-refractivity contribution in [2.75, 3.05) is 10.0 Å². The fourth-order valence-electron chi connectivity index (χ4n) is 2.56. The Balaban J connectivity index is 1.80. The first kappa shape index (κ1) is 20.6. The van der Waals surface area contributed by atoms with Crippen molar-refractivity contribution in [1.29, 1.82) is 0 Å². The van der Waals surface area contributed by atoms with E-state index in [4.69, 9.17) is 11.6 Å². The van der Waals surface area contributed by atoms with E-state index in [1.165, 1.54) is 36.4 Å². The Kier molecular flexibility index (Phi) is 6.05. The summed E-state index contributed by atoms with van der Waals surface area (Å²) in [4.78, 5) is 12.0. The third kappa shape index (κ3) is 5.24. The lowest BCUT2D eigenvalue weighted by molar-refractivity contribution is -0.115. The lowest BCUT2D eigenvalue weighted by Gasteiger charge is -2.12. The van der Waals surface area contributed by atoms with Gasteiger partial charge in [0.1, 0.15) is 11.6 Å². The molecule has 29 heavy (non-hydrogen) atoms. The minimum atomic E-state index is -4.00. The van der Waals surface area contributed by atoms with Crippen LogP contribution in [-0.2, 0) is 21.2 Å². The molecule has 0 unspecified atom stereocenters. The number of hydrogen-bond acceptors (Lipinski definition) is 4. The summed E-state index contributed by atoms with van der Waals surface area (Å²) in [7, 11) is -4.00. The smallest absolute Gasteiger partial charge is 0.261 e. The summed E-state index contributed by atoms with van der Waals surface area (Å²) in [6.07, 6.45) is -0.274. The van der Waals surface area contributed by atoms with E-state index >= 15 is 0 Å². The molecule has 6 nitrogen and oxygen atoms in total. The number of phenols is 1. The molecular weight excluding hydrogens is 419 g/mol. The summed E-state index contributed by atoms with van der Waals surface area (Å²) in [6.45, 7) is 0. The van der Waals surface area contributed by atoms with Crippen molar-refractivity contribution in [3.63, 3.8) is 0 Å². The van der Waals surface area contributed by atoms with Crippen LogP contribution in [0.1, 0.15) is 5.56 Å². The fraction of sp³-hybridized carbons (Fsp3) is 0.0500. The zero-order valence-electron chi connectivity index (χ0n) is 14.9. The maximum atomic E-state index is 13.7. The van der Waals surface area contributed by atoms with Crippen LogP contribution in [0.4, 0.5) is 15.8 Å². The summed E-state index contributed by atoms with van der Waals surface area (Å²) < 4.78 is 41.3. The van der Waals surface area contributed by atoms with Gasteiger partial charge in [0.2, 0.25) is 5.91 Å². The summed E-state index contributed by atoms with van der Waals surface area (Å²) >= 11 is 5.86. The third-order valence-corrected chi connectivity index (χ3v) is 5.55. The number of halogens is 2. The molecule has 3 aromatic rings. The van der Waals surface area contributed by atoms with Crippen molar-refractivity contribution in [2.24, 2.45) is 0 Å². The van der Waals surface area contributed by atoms with Crippen LogP contribution in [0.2, 0.25) is 5.02 Å². The van der Waals surface area contributed by atoms with Crippen molar-refractivity contribution in [1.82, 2.24) is 0 Å². The van der Waals surface area contributed by atoms with Crippen LogP contribution in [0, 0.1) is 5.82 Å². The minimum absolute atomic E-state index is 0.111. The number of phenolic OH excluding ortho intramolecular Hbond substituents is 1. The molecule has 0 heterocycles. The standard InChI is InChI=1S/C20H16ClFN2O4S/c21-14-5-3-6-15(11-14)24-29(27,28)16-8-9-19(25)18(12-16)23-20(26)10-13-4-1-2-7-17(13)22/h1-9,11-12,24-25H,10H2,(H,23,26). The van der Waals surface area contributed by atoms with Gasteiger partial charge >= 0.3 is 0 Å². The number of amides is 1. The summed E-state index contributed by atoms with van der Waals surface area (Å²) in [5.41, 5.74) is 0.326. The fourth-order valence-corrected chi connectivity index (χ4v) is 3.82. The van der Waals surface area contributed by atoms with Gasteiger partial charge in [0, 0.05) is 5.02 Å². The average molecular weight is 435 g/mol. The maximum absolute atomic E-state index is 13.7. The molecule has 0 radical (unpaired) electrons. The highest BCUT2D eigenvalue weighted by atomic mass is 35.5. The van der Waals surface area contributed by atoms with Crippen molar-refractivity contribution in [2.45, 2.75) is 11.3 Å². The van der Waals surface area contributed by atoms with Crippen LogP contribution < -0.4 is 10.0 Å². The van der Waals surface area contributed by atoms with Crippen LogP contribution in [0.5, 0.6) is 5.75 Å². The van der Waals surface area contributed by atoms with Gasteiger partial charge in [0.25, 0.3) is 10.0 Å². The van der Waals surface area contributed by atoms with Crippen LogP contribution in [0.3, 0.4) is 0 Å². The predicted molar refractivity (Wildman–Crippen MR) is 109 cm³/mol. The number of hydrogen-bond donors (Lipinski definition) is 3. The van der Waals surface area contributed by atoms with Crippen molar-refractivity contribution < 1.29 is 22.7 Å². The molecule has 0 bridgehead atoms. The Morgan fingerprint density at radius 3 is 2.52 bits per heavy atom. The normalized spacial score (nSPS) is 11.1. The molecule has 0 aliphatic heterocycles. The molecule has 9 heteroatoms. The second-order valence-corrected chi connectivity index (χ2v) is 8.23. The number of carbonyl (C=O) groups is 1. The van der Waals surface area contributed by atoms with E-state index in [1.807, 2.05) is 0 Å². The molecule has 0 saturated heterocycles. The zero-order chi connectivity index (χ0) is 21.0. The number of carbonyl (C=O) groups excluding carboxylic acids is 1. The average Bonchev–Trinajstić information content (AvgIpc) is 2.65. The Morgan fingerprint density at radius 2 is 1.79 bits per heavy atom. The predicted octanol–water partition coefficient (Wildman–Crippen LogP) is 4.17. The van der Waals surface area contributed by atoms with Gasteiger partial charge in [-0.1, -0.05) is 35.9 Å². The molecule has 0 spiro atoms. The van der Waals surface area contributed by atoms with Gasteiger partial charge in [-0.15, -0.1) is 0 Å². The molecule has 0 fully saturated rings. The van der Waals surface area contributed by atoms with E-state index in [1.54, 1.807) is 18.2 Å². The number of benzene rings is 3. The molecule has 150 valence electrons. The highest BCUT2D eigenvalue weighted by Crippen LogP contribution is 2.28. The minimum Gasteiger partial charge on any atom is -0.506 e. The Labute approximate surface area is 172 Å². The molecule has 0 atom stereocenters. The first-order valence-corrected chi connectivity index (χ1v) is 10.3. The Bertz CT molecular complexity index is 1170. The molecule has 0 aliphatic rings. The molecule has 1 amide bonds. The van der Waals surface area contributed by atoms with Gasteiger partial charge in [-0.25, -0.2) is 12.8 Å². The van der Waals surface area contributed by atoms with E-state index in [0.29, 0.717) is 5.02 Å². The Morgan fingerprint density at radius 1 is 1.03 bits per heavy atom.